The minimum atomic E-state index is 0.173. The molecule has 4 nitrogen and oxygen atoms in total. The number of benzene rings is 1. The average molecular weight is 312 g/mol. The fourth-order valence-corrected chi connectivity index (χ4v) is 3.22. The number of ketones is 1. The summed E-state index contributed by atoms with van der Waals surface area (Å²) in [5.74, 6) is 2.02. The number of hydrogen-bond acceptors (Lipinski definition) is 4. The van der Waals surface area contributed by atoms with Gasteiger partial charge in [-0.3, -0.25) is 9.69 Å². The lowest BCUT2D eigenvalue weighted by Gasteiger charge is -2.30. The molecular formula is C19H24N2O2. The number of aromatic nitrogens is 1. The minimum absolute atomic E-state index is 0.173. The third kappa shape index (κ3) is 3.70. The van der Waals surface area contributed by atoms with Crippen LogP contribution in [0, 0.1) is 19.8 Å². The van der Waals surface area contributed by atoms with Gasteiger partial charge in [0.25, 0.3) is 0 Å². The lowest BCUT2D eigenvalue weighted by atomic mass is 9.94. The van der Waals surface area contributed by atoms with Crippen molar-refractivity contribution in [2.45, 2.75) is 40.2 Å². The van der Waals surface area contributed by atoms with E-state index in [2.05, 4.69) is 24.0 Å². The molecule has 0 radical (unpaired) electrons. The molecule has 0 spiro atoms. The molecule has 23 heavy (non-hydrogen) atoms. The predicted octanol–water partition coefficient (Wildman–Crippen LogP) is 3.76. The van der Waals surface area contributed by atoms with Crippen LogP contribution in [0.5, 0.6) is 0 Å². The van der Waals surface area contributed by atoms with Crippen LogP contribution < -0.4 is 0 Å². The van der Waals surface area contributed by atoms with Gasteiger partial charge >= 0.3 is 0 Å². The molecule has 1 aromatic heterocycles. The second-order valence-electron chi connectivity index (χ2n) is 6.58. The molecule has 1 aromatic carbocycles. The minimum Gasteiger partial charge on any atom is -0.441 e. The van der Waals surface area contributed by atoms with Gasteiger partial charge in [0.1, 0.15) is 11.5 Å². The SMILES string of the molecule is CC(=O)[C@@H]1CCCN(Cc2nc(-c3cccc(C)c3)oc2C)C1. The summed E-state index contributed by atoms with van der Waals surface area (Å²) in [7, 11) is 0. The van der Waals surface area contributed by atoms with Crippen LogP contribution in [0.4, 0.5) is 0 Å². The molecule has 0 N–H and O–H groups in total. The van der Waals surface area contributed by atoms with Crippen LogP contribution in [0.15, 0.2) is 28.7 Å². The van der Waals surface area contributed by atoms with Gasteiger partial charge in [0.15, 0.2) is 0 Å². The van der Waals surface area contributed by atoms with E-state index in [9.17, 15) is 4.79 Å². The molecule has 1 fully saturated rings. The summed E-state index contributed by atoms with van der Waals surface area (Å²) in [5.41, 5.74) is 3.19. The lowest BCUT2D eigenvalue weighted by Crippen LogP contribution is -2.37. The number of carbonyl (C=O) groups is 1. The van der Waals surface area contributed by atoms with Gasteiger partial charge in [-0.1, -0.05) is 17.7 Å². The van der Waals surface area contributed by atoms with Gasteiger partial charge in [0.2, 0.25) is 5.89 Å². The Morgan fingerprint density at radius 1 is 1.39 bits per heavy atom. The van der Waals surface area contributed by atoms with Gasteiger partial charge in [-0.15, -0.1) is 0 Å². The zero-order valence-corrected chi connectivity index (χ0v) is 14.1. The van der Waals surface area contributed by atoms with Crippen LogP contribution in [0.25, 0.3) is 11.5 Å². The summed E-state index contributed by atoms with van der Waals surface area (Å²) in [4.78, 5) is 18.6. The second kappa shape index (κ2) is 6.67. The number of Topliss-reactive ketones (excluding diaryl/α,β-unsaturated/α-hetero) is 1. The smallest absolute Gasteiger partial charge is 0.226 e. The fraction of sp³-hybridized carbons (Fsp3) is 0.474. The Kier molecular flexibility index (Phi) is 4.62. The molecule has 1 aliphatic rings. The summed E-state index contributed by atoms with van der Waals surface area (Å²) in [6.45, 7) is 8.34. The number of rotatable bonds is 4. The quantitative estimate of drug-likeness (QED) is 0.862. The Bertz CT molecular complexity index is 705. The van der Waals surface area contributed by atoms with E-state index in [0.717, 1.165) is 49.5 Å². The molecule has 1 saturated heterocycles. The molecule has 122 valence electrons. The van der Waals surface area contributed by atoms with E-state index in [4.69, 9.17) is 9.40 Å². The van der Waals surface area contributed by atoms with Crippen LogP contribution in [-0.4, -0.2) is 28.8 Å². The monoisotopic (exact) mass is 312 g/mol. The van der Waals surface area contributed by atoms with E-state index >= 15 is 0 Å². The molecule has 0 bridgehead atoms. The summed E-state index contributed by atoms with van der Waals surface area (Å²) >= 11 is 0. The number of piperidine rings is 1. The largest absolute Gasteiger partial charge is 0.441 e. The maximum absolute atomic E-state index is 11.6. The van der Waals surface area contributed by atoms with E-state index in [1.165, 1.54) is 5.56 Å². The van der Waals surface area contributed by atoms with Gasteiger partial charge in [-0.2, -0.15) is 0 Å². The van der Waals surface area contributed by atoms with E-state index < -0.39 is 0 Å². The van der Waals surface area contributed by atoms with Crippen molar-refractivity contribution in [1.29, 1.82) is 0 Å². The van der Waals surface area contributed by atoms with E-state index in [0.29, 0.717) is 11.7 Å². The van der Waals surface area contributed by atoms with Crippen molar-refractivity contribution in [2.24, 2.45) is 5.92 Å². The van der Waals surface area contributed by atoms with Gasteiger partial charge in [-0.05, 0) is 52.3 Å². The number of aryl methyl sites for hydroxylation is 2. The highest BCUT2D eigenvalue weighted by molar-refractivity contribution is 5.78. The number of carbonyl (C=O) groups excluding carboxylic acids is 1. The standard InChI is InChI=1S/C19H24N2O2/c1-13-6-4-7-16(10-13)19-20-18(15(3)23-19)12-21-9-5-8-17(11-21)14(2)22/h4,6-7,10,17H,5,8-9,11-12H2,1-3H3/t17-/m1/s1. The van der Waals surface area contributed by atoms with Gasteiger partial charge in [0.05, 0.1) is 5.69 Å². The number of likely N-dealkylation sites (tertiary alicyclic amines) is 1. The third-order valence-electron chi connectivity index (χ3n) is 4.61. The highest BCUT2D eigenvalue weighted by Crippen LogP contribution is 2.25. The molecule has 2 aromatic rings. The van der Waals surface area contributed by atoms with Crippen LogP contribution in [0.3, 0.4) is 0 Å². The van der Waals surface area contributed by atoms with Crippen LogP contribution >= 0.6 is 0 Å². The van der Waals surface area contributed by atoms with Crippen molar-refractivity contribution in [3.8, 4) is 11.5 Å². The number of oxazole rings is 1. The maximum Gasteiger partial charge on any atom is 0.226 e. The molecule has 3 rings (SSSR count). The Morgan fingerprint density at radius 2 is 2.22 bits per heavy atom. The first kappa shape index (κ1) is 15.9. The molecule has 0 unspecified atom stereocenters. The van der Waals surface area contributed by atoms with Crippen molar-refractivity contribution < 1.29 is 9.21 Å². The lowest BCUT2D eigenvalue weighted by molar-refractivity contribution is -0.122. The van der Waals surface area contributed by atoms with Gasteiger partial charge in [0, 0.05) is 24.6 Å². The first-order valence-electron chi connectivity index (χ1n) is 8.29. The predicted molar refractivity (Wildman–Crippen MR) is 90.1 cm³/mol. The van der Waals surface area contributed by atoms with Crippen molar-refractivity contribution in [3.63, 3.8) is 0 Å². The van der Waals surface area contributed by atoms with Crippen LogP contribution in [-0.2, 0) is 11.3 Å². The Balaban J connectivity index is 1.75. The summed E-state index contributed by atoms with van der Waals surface area (Å²) in [5, 5.41) is 0. The molecule has 1 atom stereocenters. The van der Waals surface area contributed by atoms with E-state index in [1.54, 1.807) is 6.92 Å². The first-order valence-corrected chi connectivity index (χ1v) is 8.29. The average Bonchev–Trinajstić information content (AvgIpc) is 2.89. The maximum atomic E-state index is 11.6. The fourth-order valence-electron chi connectivity index (χ4n) is 3.22. The molecule has 0 amide bonds. The molecule has 0 saturated carbocycles. The normalized spacial score (nSPS) is 19.0. The van der Waals surface area contributed by atoms with E-state index in [-0.39, 0.29) is 5.92 Å². The second-order valence-corrected chi connectivity index (χ2v) is 6.58. The molecule has 2 heterocycles. The number of nitrogens with zero attached hydrogens (tertiary/aromatic N) is 2. The van der Waals surface area contributed by atoms with Gasteiger partial charge in [-0.25, -0.2) is 4.98 Å². The third-order valence-corrected chi connectivity index (χ3v) is 4.61. The van der Waals surface area contributed by atoms with E-state index in [1.807, 2.05) is 19.1 Å². The van der Waals surface area contributed by atoms with Crippen molar-refractivity contribution >= 4 is 5.78 Å². The van der Waals surface area contributed by atoms with Crippen LogP contribution in [0.1, 0.15) is 36.8 Å². The summed E-state index contributed by atoms with van der Waals surface area (Å²) < 4.78 is 5.87. The summed E-state index contributed by atoms with van der Waals surface area (Å²) in [6.07, 6.45) is 2.09. The zero-order chi connectivity index (χ0) is 16.4. The van der Waals surface area contributed by atoms with Crippen molar-refractivity contribution in [2.75, 3.05) is 13.1 Å². The Labute approximate surface area is 137 Å². The Hall–Kier alpha value is -1.94. The van der Waals surface area contributed by atoms with Crippen molar-refractivity contribution in [1.82, 2.24) is 9.88 Å². The zero-order valence-electron chi connectivity index (χ0n) is 14.1. The molecule has 4 heteroatoms. The topological polar surface area (TPSA) is 46.3 Å². The molecule has 1 aliphatic heterocycles. The first-order chi connectivity index (χ1) is 11.0. The highest BCUT2D eigenvalue weighted by Gasteiger charge is 2.24. The highest BCUT2D eigenvalue weighted by atomic mass is 16.4. The van der Waals surface area contributed by atoms with Crippen molar-refractivity contribution in [3.05, 3.63) is 41.3 Å². The van der Waals surface area contributed by atoms with Crippen LogP contribution in [0.2, 0.25) is 0 Å². The summed E-state index contributed by atoms with van der Waals surface area (Å²) in [6, 6.07) is 8.19. The molecule has 0 aliphatic carbocycles. The Morgan fingerprint density at radius 3 is 2.96 bits per heavy atom. The van der Waals surface area contributed by atoms with Gasteiger partial charge < -0.3 is 4.42 Å². The molecular weight excluding hydrogens is 288 g/mol. The number of hydrogen-bond donors (Lipinski definition) is 0.